The van der Waals surface area contributed by atoms with Gasteiger partial charge in [0.15, 0.2) is 0 Å². The van der Waals surface area contributed by atoms with Crippen molar-refractivity contribution in [3.05, 3.63) is 22.4 Å². The Hall–Kier alpha value is -0.870. The van der Waals surface area contributed by atoms with Gasteiger partial charge in [-0.05, 0) is 53.0 Å². The van der Waals surface area contributed by atoms with Gasteiger partial charge in [-0.3, -0.25) is 10.1 Å². The lowest BCUT2D eigenvalue weighted by Crippen LogP contribution is -2.37. The number of thiophene rings is 1. The topological polar surface area (TPSA) is 32.3 Å². The summed E-state index contributed by atoms with van der Waals surface area (Å²) in [6.45, 7) is 7.65. The van der Waals surface area contributed by atoms with Crippen LogP contribution in [0.4, 0.5) is 0 Å². The Balaban J connectivity index is 1.81. The van der Waals surface area contributed by atoms with Gasteiger partial charge in [-0.2, -0.15) is 11.3 Å². The molecule has 2 fully saturated rings. The summed E-state index contributed by atoms with van der Waals surface area (Å²) in [5.41, 5.74) is 1.61. The maximum absolute atomic E-state index is 12.8. The van der Waals surface area contributed by atoms with Crippen LogP contribution in [-0.4, -0.2) is 23.4 Å². The monoisotopic (exact) mass is 306 g/mol. The fourth-order valence-electron chi connectivity index (χ4n) is 3.47. The molecule has 1 saturated carbocycles. The summed E-state index contributed by atoms with van der Waals surface area (Å²) in [6, 6.07) is 2.15. The predicted octanol–water partition coefficient (Wildman–Crippen LogP) is 3.78. The van der Waals surface area contributed by atoms with Crippen LogP contribution in [0.15, 0.2) is 16.8 Å². The van der Waals surface area contributed by atoms with Crippen LogP contribution in [0.25, 0.3) is 0 Å². The molecular formula is C17H26N2OS. The van der Waals surface area contributed by atoms with Gasteiger partial charge in [0, 0.05) is 6.54 Å². The maximum Gasteiger partial charge on any atom is 0.241 e. The van der Waals surface area contributed by atoms with Crippen LogP contribution in [0.5, 0.6) is 0 Å². The minimum atomic E-state index is 0.00265. The Morgan fingerprint density at radius 2 is 2.24 bits per heavy atom. The van der Waals surface area contributed by atoms with Crippen molar-refractivity contribution < 1.29 is 4.79 Å². The van der Waals surface area contributed by atoms with E-state index >= 15 is 0 Å². The SMILES string of the molecule is CCCC1NC(c2ccsc2)N(CC2(C(C)C)CC2)C1=O. The highest BCUT2D eigenvalue weighted by atomic mass is 32.1. The number of carbonyl (C=O) groups is 1. The van der Waals surface area contributed by atoms with E-state index in [0.29, 0.717) is 17.2 Å². The van der Waals surface area contributed by atoms with E-state index in [1.165, 1.54) is 18.4 Å². The molecule has 2 aliphatic rings. The second-order valence-corrected chi connectivity index (χ2v) is 7.73. The zero-order chi connectivity index (χ0) is 15.0. The second kappa shape index (κ2) is 5.73. The Morgan fingerprint density at radius 3 is 2.76 bits per heavy atom. The summed E-state index contributed by atoms with van der Waals surface area (Å²) in [7, 11) is 0. The van der Waals surface area contributed by atoms with E-state index in [0.717, 1.165) is 19.4 Å². The van der Waals surface area contributed by atoms with Crippen LogP contribution in [0.2, 0.25) is 0 Å². The zero-order valence-corrected chi connectivity index (χ0v) is 14.1. The van der Waals surface area contributed by atoms with Crippen molar-refractivity contribution in [3.8, 4) is 0 Å². The molecule has 0 radical (unpaired) electrons. The van der Waals surface area contributed by atoms with Crippen molar-refractivity contribution in [1.29, 1.82) is 0 Å². The number of amides is 1. The van der Waals surface area contributed by atoms with E-state index in [4.69, 9.17) is 0 Å². The molecule has 2 heterocycles. The van der Waals surface area contributed by atoms with Crippen molar-refractivity contribution in [2.45, 2.75) is 58.7 Å². The molecule has 116 valence electrons. The minimum Gasteiger partial charge on any atom is -0.321 e. The standard InChI is InChI=1S/C17H26N2OS/c1-4-5-14-16(20)19(11-17(7-8-17)12(2)3)15(18-14)13-6-9-21-10-13/h6,9-10,12,14-15,18H,4-5,7-8,11H2,1-3H3. The fourth-order valence-corrected chi connectivity index (χ4v) is 4.15. The van der Waals surface area contributed by atoms with Crippen LogP contribution in [-0.2, 0) is 4.79 Å². The normalized spacial score (nSPS) is 27.6. The molecule has 3 nitrogen and oxygen atoms in total. The lowest BCUT2D eigenvalue weighted by atomic mass is 9.91. The average molecular weight is 306 g/mol. The zero-order valence-electron chi connectivity index (χ0n) is 13.3. The van der Waals surface area contributed by atoms with Crippen LogP contribution >= 0.6 is 11.3 Å². The molecule has 0 spiro atoms. The smallest absolute Gasteiger partial charge is 0.241 e. The largest absolute Gasteiger partial charge is 0.321 e. The van der Waals surface area contributed by atoms with E-state index in [2.05, 4.69) is 47.8 Å². The number of nitrogens with zero attached hydrogens (tertiary/aromatic N) is 1. The quantitative estimate of drug-likeness (QED) is 0.867. The van der Waals surface area contributed by atoms with Gasteiger partial charge in [0.05, 0.1) is 6.04 Å². The first-order valence-corrected chi connectivity index (χ1v) is 9.10. The molecule has 0 aromatic carbocycles. The minimum absolute atomic E-state index is 0.00265. The highest BCUT2D eigenvalue weighted by molar-refractivity contribution is 7.07. The molecular weight excluding hydrogens is 280 g/mol. The molecule has 1 N–H and O–H groups in total. The highest BCUT2D eigenvalue weighted by Gasteiger charge is 2.50. The van der Waals surface area contributed by atoms with E-state index in [1.54, 1.807) is 11.3 Å². The van der Waals surface area contributed by atoms with E-state index in [1.807, 2.05) is 0 Å². The molecule has 1 aliphatic heterocycles. The first-order valence-electron chi connectivity index (χ1n) is 8.16. The molecule has 1 aliphatic carbocycles. The summed E-state index contributed by atoms with van der Waals surface area (Å²) in [6.07, 6.45) is 4.59. The van der Waals surface area contributed by atoms with Gasteiger partial charge in [-0.25, -0.2) is 0 Å². The second-order valence-electron chi connectivity index (χ2n) is 6.95. The van der Waals surface area contributed by atoms with Gasteiger partial charge in [-0.1, -0.05) is 27.2 Å². The third kappa shape index (κ3) is 2.76. The summed E-state index contributed by atoms with van der Waals surface area (Å²) < 4.78 is 0. The number of hydrogen-bond donors (Lipinski definition) is 1. The molecule has 21 heavy (non-hydrogen) atoms. The Morgan fingerprint density at radius 1 is 1.48 bits per heavy atom. The lowest BCUT2D eigenvalue weighted by molar-refractivity contribution is -0.131. The molecule has 3 rings (SSSR count). The van der Waals surface area contributed by atoms with Crippen LogP contribution in [0.3, 0.4) is 0 Å². The van der Waals surface area contributed by atoms with Gasteiger partial charge in [0.2, 0.25) is 5.91 Å². The third-order valence-electron chi connectivity index (χ3n) is 5.29. The van der Waals surface area contributed by atoms with Gasteiger partial charge in [0.25, 0.3) is 0 Å². The Kier molecular flexibility index (Phi) is 4.10. The molecule has 2 atom stereocenters. The van der Waals surface area contributed by atoms with Crippen molar-refractivity contribution in [1.82, 2.24) is 10.2 Å². The fraction of sp³-hybridized carbons (Fsp3) is 0.706. The van der Waals surface area contributed by atoms with Gasteiger partial charge in [0.1, 0.15) is 6.17 Å². The Bertz CT molecular complexity index is 493. The molecule has 1 amide bonds. The van der Waals surface area contributed by atoms with Gasteiger partial charge >= 0.3 is 0 Å². The highest BCUT2D eigenvalue weighted by Crippen LogP contribution is 2.53. The molecule has 1 saturated heterocycles. The summed E-state index contributed by atoms with van der Waals surface area (Å²) in [5, 5.41) is 7.83. The first kappa shape index (κ1) is 15.0. The van der Waals surface area contributed by atoms with Crippen molar-refractivity contribution in [2.75, 3.05) is 6.54 Å². The summed E-state index contributed by atoms with van der Waals surface area (Å²) in [5.74, 6) is 0.957. The number of rotatable bonds is 6. The Labute approximate surface area is 131 Å². The molecule has 0 bridgehead atoms. The van der Waals surface area contributed by atoms with E-state index < -0.39 is 0 Å². The summed E-state index contributed by atoms with van der Waals surface area (Å²) >= 11 is 1.71. The average Bonchev–Trinajstić information content (AvgIpc) is 2.92. The third-order valence-corrected chi connectivity index (χ3v) is 5.99. The summed E-state index contributed by atoms with van der Waals surface area (Å²) in [4.78, 5) is 14.9. The molecule has 2 unspecified atom stereocenters. The number of nitrogens with one attached hydrogen (secondary N) is 1. The maximum atomic E-state index is 12.8. The van der Waals surface area contributed by atoms with Gasteiger partial charge in [-0.15, -0.1) is 0 Å². The van der Waals surface area contributed by atoms with Crippen LogP contribution in [0.1, 0.15) is 58.2 Å². The molecule has 1 aromatic rings. The number of hydrogen-bond acceptors (Lipinski definition) is 3. The van der Waals surface area contributed by atoms with Crippen molar-refractivity contribution in [3.63, 3.8) is 0 Å². The van der Waals surface area contributed by atoms with Crippen molar-refractivity contribution >= 4 is 17.2 Å². The van der Waals surface area contributed by atoms with Crippen molar-refractivity contribution in [2.24, 2.45) is 11.3 Å². The van der Waals surface area contributed by atoms with E-state index in [-0.39, 0.29) is 12.2 Å². The molecule has 4 heteroatoms. The van der Waals surface area contributed by atoms with E-state index in [9.17, 15) is 4.79 Å². The van der Waals surface area contributed by atoms with Gasteiger partial charge < -0.3 is 4.90 Å². The predicted molar refractivity (Wildman–Crippen MR) is 87.1 cm³/mol. The molecule has 1 aromatic heterocycles. The lowest BCUT2D eigenvalue weighted by Gasteiger charge is -2.30. The van der Waals surface area contributed by atoms with Crippen LogP contribution in [0, 0.1) is 11.3 Å². The first-order chi connectivity index (χ1) is 10.1. The van der Waals surface area contributed by atoms with Crippen LogP contribution < -0.4 is 5.32 Å². The number of carbonyl (C=O) groups excluding carboxylic acids is 1.